The van der Waals surface area contributed by atoms with Crippen molar-refractivity contribution in [3.8, 4) is 0 Å². The molecule has 0 saturated carbocycles. The minimum atomic E-state index is -0.0993. The molecule has 1 unspecified atom stereocenters. The molecule has 4 heteroatoms. The molecular weight excluding hydrogens is 204 g/mol. The van der Waals surface area contributed by atoms with Gasteiger partial charge in [-0.15, -0.1) is 0 Å². The van der Waals surface area contributed by atoms with Crippen molar-refractivity contribution in [1.82, 2.24) is 5.32 Å². The zero-order valence-corrected chi connectivity index (χ0v) is 9.95. The molecule has 4 nitrogen and oxygen atoms in total. The number of unbranched alkanes of at least 4 members (excludes halogenated alkanes) is 1. The predicted molar refractivity (Wildman–Crippen MR) is 63.3 cm³/mol. The van der Waals surface area contributed by atoms with Gasteiger partial charge in [0, 0.05) is 12.6 Å². The van der Waals surface area contributed by atoms with Crippen LogP contribution in [0.25, 0.3) is 0 Å². The van der Waals surface area contributed by atoms with Crippen molar-refractivity contribution in [3.05, 3.63) is 23.7 Å². The lowest BCUT2D eigenvalue weighted by Crippen LogP contribution is -2.40. The van der Waals surface area contributed by atoms with Crippen molar-refractivity contribution < 1.29 is 9.21 Å². The lowest BCUT2D eigenvalue weighted by atomic mass is 10.1. The number of hydrogen-bond acceptors (Lipinski definition) is 3. The number of furan rings is 1. The van der Waals surface area contributed by atoms with Gasteiger partial charge in [-0.2, -0.15) is 0 Å². The highest BCUT2D eigenvalue weighted by Crippen LogP contribution is 2.09. The van der Waals surface area contributed by atoms with Gasteiger partial charge in [-0.1, -0.05) is 19.8 Å². The summed E-state index contributed by atoms with van der Waals surface area (Å²) >= 11 is 0. The Morgan fingerprint density at radius 2 is 2.38 bits per heavy atom. The van der Waals surface area contributed by atoms with Crippen molar-refractivity contribution in [2.45, 2.75) is 39.2 Å². The number of nitrogens with one attached hydrogen (secondary N) is 1. The maximum atomic E-state index is 11.8. The number of rotatable bonds is 6. The molecule has 1 rings (SSSR count). The summed E-state index contributed by atoms with van der Waals surface area (Å²) in [6, 6.07) is 1.74. The SMILES string of the molecule is CCCCC(CN)NC(=O)c1ccoc1C. The van der Waals surface area contributed by atoms with Gasteiger partial charge in [0.1, 0.15) is 5.76 Å². The molecule has 0 fully saturated rings. The number of aryl methyl sites for hydroxylation is 1. The Hall–Kier alpha value is -1.29. The van der Waals surface area contributed by atoms with Gasteiger partial charge in [0.05, 0.1) is 11.8 Å². The third-order valence-corrected chi connectivity index (χ3v) is 2.63. The summed E-state index contributed by atoms with van der Waals surface area (Å²) in [4.78, 5) is 11.8. The van der Waals surface area contributed by atoms with Crippen molar-refractivity contribution >= 4 is 5.91 Å². The molecule has 3 N–H and O–H groups in total. The number of carbonyl (C=O) groups excluding carboxylic acids is 1. The smallest absolute Gasteiger partial charge is 0.255 e. The van der Waals surface area contributed by atoms with Crippen LogP contribution in [0.5, 0.6) is 0 Å². The topological polar surface area (TPSA) is 68.3 Å². The van der Waals surface area contributed by atoms with E-state index in [1.165, 1.54) is 6.26 Å². The third-order valence-electron chi connectivity index (χ3n) is 2.63. The largest absolute Gasteiger partial charge is 0.469 e. The van der Waals surface area contributed by atoms with Crippen LogP contribution in [0.15, 0.2) is 16.7 Å². The molecule has 0 aliphatic carbocycles. The summed E-state index contributed by atoms with van der Waals surface area (Å²) in [5.74, 6) is 0.543. The lowest BCUT2D eigenvalue weighted by molar-refractivity contribution is 0.0934. The fourth-order valence-electron chi connectivity index (χ4n) is 1.58. The molecule has 0 saturated heterocycles. The minimum absolute atomic E-state index is 0.0572. The summed E-state index contributed by atoms with van der Waals surface area (Å²) < 4.78 is 5.09. The van der Waals surface area contributed by atoms with E-state index in [1.807, 2.05) is 0 Å². The maximum Gasteiger partial charge on any atom is 0.255 e. The Balaban J connectivity index is 2.52. The standard InChI is InChI=1S/C12H20N2O2/c1-3-4-5-10(8-13)14-12(15)11-6-7-16-9(11)2/h6-7,10H,3-5,8,13H2,1-2H3,(H,14,15). The van der Waals surface area contributed by atoms with Crippen molar-refractivity contribution in [2.75, 3.05) is 6.54 Å². The van der Waals surface area contributed by atoms with E-state index in [1.54, 1.807) is 13.0 Å². The van der Waals surface area contributed by atoms with Gasteiger partial charge in [0.15, 0.2) is 0 Å². The normalized spacial score (nSPS) is 12.4. The number of nitrogens with two attached hydrogens (primary N) is 1. The Morgan fingerprint density at radius 3 is 2.88 bits per heavy atom. The summed E-state index contributed by atoms with van der Waals surface area (Å²) in [7, 11) is 0. The fraction of sp³-hybridized carbons (Fsp3) is 0.583. The van der Waals surface area contributed by atoms with Crippen LogP contribution in [0.4, 0.5) is 0 Å². The van der Waals surface area contributed by atoms with Crippen LogP contribution < -0.4 is 11.1 Å². The number of carbonyl (C=O) groups is 1. The van der Waals surface area contributed by atoms with E-state index in [2.05, 4.69) is 12.2 Å². The number of amides is 1. The van der Waals surface area contributed by atoms with E-state index in [4.69, 9.17) is 10.2 Å². The fourth-order valence-corrected chi connectivity index (χ4v) is 1.58. The van der Waals surface area contributed by atoms with Crippen LogP contribution in [0.3, 0.4) is 0 Å². The van der Waals surface area contributed by atoms with Crippen LogP contribution in [-0.4, -0.2) is 18.5 Å². The molecule has 0 aromatic carbocycles. The average Bonchev–Trinajstić information content (AvgIpc) is 2.70. The van der Waals surface area contributed by atoms with Gasteiger partial charge >= 0.3 is 0 Å². The maximum absolute atomic E-state index is 11.8. The van der Waals surface area contributed by atoms with Gasteiger partial charge < -0.3 is 15.5 Å². The average molecular weight is 224 g/mol. The highest BCUT2D eigenvalue weighted by atomic mass is 16.3. The summed E-state index contributed by atoms with van der Waals surface area (Å²) in [5.41, 5.74) is 6.21. The first-order valence-electron chi connectivity index (χ1n) is 5.74. The Bertz CT molecular complexity index is 334. The monoisotopic (exact) mass is 224 g/mol. The second kappa shape index (κ2) is 6.33. The predicted octanol–water partition coefficient (Wildman–Crippen LogP) is 1.84. The Kier molecular flexibility index (Phi) is 5.05. The van der Waals surface area contributed by atoms with Gasteiger partial charge in [-0.05, 0) is 19.4 Å². The molecule has 0 bridgehead atoms. The highest BCUT2D eigenvalue weighted by Gasteiger charge is 2.15. The Labute approximate surface area is 96.2 Å². The van der Waals surface area contributed by atoms with E-state index in [9.17, 15) is 4.79 Å². The first kappa shape index (κ1) is 12.8. The van der Waals surface area contributed by atoms with E-state index in [0.717, 1.165) is 19.3 Å². The molecule has 1 aromatic rings. The van der Waals surface area contributed by atoms with Crippen LogP contribution in [0.1, 0.15) is 42.3 Å². The van der Waals surface area contributed by atoms with Crippen LogP contribution in [0, 0.1) is 6.92 Å². The molecule has 16 heavy (non-hydrogen) atoms. The van der Waals surface area contributed by atoms with Crippen LogP contribution in [0.2, 0.25) is 0 Å². The summed E-state index contributed by atoms with van der Waals surface area (Å²) in [6.07, 6.45) is 4.63. The Morgan fingerprint density at radius 1 is 1.62 bits per heavy atom. The van der Waals surface area contributed by atoms with Gasteiger partial charge in [-0.3, -0.25) is 4.79 Å². The van der Waals surface area contributed by atoms with Gasteiger partial charge in [-0.25, -0.2) is 0 Å². The molecule has 1 atom stereocenters. The lowest BCUT2D eigenvalue weighted by Gasteiger charge is -2.15. The van der Waals surface area contributed by atoms with Crippen LogP contribution >= 0.6 is 0 Å². The zero-order valence-electron chi connectivity index (χ0n) is 9.95. The third kappa shape index (κ3) is 3.38. The van der Waals surface area contributed by atoms with Gasteiger partial charge in [0.2, 0.25) is 0 Å². The van der Waals surface area contributed by atoms with E-state index in [0.29, 0.717) is 17.9 Å². The molecule has 0 aliphatic rings. The zero-order chi connectivity index (χ0) is 12.0. The van der Waals surface area contributed by atoms with E-state index in [-0.39, 0.29) is 11.9 Å². The minimum Gasteiger partial charge on any atom is -0.469 e. The highest BCUT2D eigenvalue weighted by molar-refractivity contribution is 5.95. The molecule has 1 heterocycles. The van der Waals surface area contributed by atoms with Crippen molar-refractivity contribution in [2.24, 2.45) is 5.73 Å². The molecule has 90 valence electrons. The van der Waals surface area contributed by atoms with E-state index >= 15 is 0 Å². The summed E-state index contributed by atoms with van der Waals surface area (Å²) in [6.45, 7) is 4.37. The molecular formula is C12H20N2O2. The number of hydrogen-bond donors (Lipinski definition) is 2. The van der Waals surface area contributed by atoms with Crippen LogP contribution in [-0.2, 0) is 0 Å². The second-order valence-corrected chi connectivity index (χ2v) is 3.94. The summed E-state index contributed by atoms with van der Waals surface area (Å²) in [5, 5.41) is 2.92. The van der Waals surface area contributed by atoms with Crippen molar-refractivity contribution in [3.63, 3.8) is 0 Å². The van der Waals surface area contributed by atoms with E-state index < -0.39 is 0 Å². The van der Waals surface area contributed by atoms with Gasteiger partial charge in [0.25, 0.3) is 5.91 Å². The molecule has 0 radical (unpaired) electrons. The van der Waals surface area contributed by atoms with Crippen molar-refractivity contribution in [1.29, 1.82) is 0 Å². The molecule has 1 aromatic heterocycles. The first-order chi connectivity index (χ1) is 7.69. The molecule has 0 aliphatic heterocycles. The molecule has 1 amide bonds. The second-order valence-electron chi connectivity index (χ2n) is 3.94. The first-order valence-corrected chi connectivity index (χ1v) is 5.74. The quantitative estimate of drug-likeness (QED) is 0.774. The molecule has 0 spiro atoms.